The monoisotopic (exact) mass is 498 g/mol. The number of carbonyl (C=O) groups excluding carboxylic acids is 3. The Kier molecular flexibility index (Phi) is 6.16. The van der Waals surface area contributed by atoms with E-state index in [0.29, 0.717) is 22.0 Å². The smallest absolute Gasteiger partial charge is 0.299 e. The molecule has 1 aromatic heterocycles. The van der Waals surface area contributed by atoms with Gasteiger partial charge in [-0.05, 0) is 66.4 Å². The lowest BCUT2D eigenvalue weighted by Gasteiger charge is -2.26. The summed E-state index contributed by atoms with van der Waals surface area (Å²) in [4.78, 5) is 49.3. The first kappa shape index (κ1) is 23.5. The number of carbonyl (C=O) groups is 3. The van der Waals surface area contributed by atoms with Gasteiger partial charge in [0, 0.05) is 10.7 Å². The van der Waals surface area contributed by atoms with E-state index < -0.39 is 11.7 Å². The number of ketones is 1. The Morgan fingerprint density at radius 1 is 1.06 bits per heavy atom. The molecular weight excluding hydrogens is 476 g/mol. The Balaban J connectivity index is 1.48. The molecule has 5 rings (SSSR count). The van der Waals surface area contributed by atoms with Gasteiger partial charge < -0.3 is 9.88 Å². The molecule has 0 bridgehead atoms. The molecule has 0 fully saturated rings. The molecule has 0 aliphatic carbocycles. The number of imidazole rings is 1. The third kappa shape index (κ3) is 4.41. The molecule has 0 atom stereocenters. The van der Waals surface area contributed by atoms with Crippen molar-refractivity contribution in [2.24, 2.45) is 0 Å². The zero-order chi connectivity index (χ0) is 25.4. The molecule has 0 radical (unpaired) electrons. The summed E-state index contributed by atoms with van der Waals surface area (Å²) in [6, 6.07) is 18.4. The zero-order valence-corrected chi connectivity index (χ0v) is 20.5. The second kappa shape index (κ2) is 9.43. The van der Waals surface area contributed by atoms with Crippen molar-refractivity contribution in [2.45, 2.75) is 20.4 Å². The molecule has 0 saturated carbocycles. The highest BCUT2D eigenvalue weighted by molar-refractivity contribution is 6.53. The number of H-pyrrole nitrogens is 1. The first-order valence-corrected chi connectivity index (χ1v) is 11.8. The van der Waals surface area contributed by atoms with Crippen molar-refractivity contribution in [3.05, 3.63) is 100 Å². The Morgan fingerprint density at radius 3 is 2.53 bits per heavy atom. The van der Waals surface area contributed by atoms with Gasteiger partial charge >= 0.3 is 0 Å². The van der Waals surface area contributed by atoms with Gasteiger partial charge in [-0.15, -0.1) is 0 Å². The first-order chi connectivity index (χ1) is 17.3. The number of aromatic amines is 1. The summed E-state index contributed by atoms with van der Waals surface area (Å²) < 4.78 is 0. The van der Waals surface area contributed by atoms with Crippen molar-refractivity contribution in [1.82, 2.24) is 9.97 Å². The van der Waals surface area contributed by atoms with Crippen molar-refractivity contribution in [3.63, 3.8) is 0 Å². The van der Waals surface area contributed by atoms with Crippen molar-refractivity contribution < 1.29 is 14.4 Å². The van der Waals surface area contributed by atoms with Crippen LogP contribution in [-0.2, 0) is 16.1 Å². The molecule has 36 heavy (non-hydrogen) atoms. The van der Waals surface area contributed by atoms with E-state index in [1.165, 1.54) is 4.90 Å². The van der Waals surface area contributed by atoms with Crippen molar-refractivity contribution in [2.75, 3.05) is 16.3 Å². The maximum absolute atomic E-state index is 13.7. The summed E-state index contributed by atoms with van der Waals surface area (Å²) in [7, 11) is 0. The molecule has 0 spiro atoms. The van der Waals surface area contributed by atoms with Gasteiger partial charge in [0.05, 0.1) is 36.0 Å². The SMILES string of the molecule is Cc1cc(C)c2c(c1)C(=O)C(=O)N2CC(=O)N(Cc1cccc(Cl)c1)c1ccc(-c2cnc[nH]2)cc1. The van der Waals surface area contributed by atoms with Crippen LogP contribution >= 0.6 is 11.6 Å². The van der Waals surface area contributed by atoms with Gasteiger partial charge in [0.2, 0.25) is 5.91 Å². The quantitative estimate of drug-likeness (QED) is 0.374. The number of rotatable bonds is 6. The van der Waals surface area contributed by atoms with Crippen LogP contribution in [0.25, 0.3) is 11.3 Å². The van der Waals surface area contributed by atoms with E-state index in [1.807, 2.05) is 56.3 Å². The molecule has 1 aliphatic heterocycles. The number of hydrogen-bond acceptors (Lipinski definition) is 4. The van der Waals surface area contributed by atoms with Crippen LogP contribution in [0.2, 0.25) is 5.02 Å². The van der Waals surface area contributed by atoms with E-state index in [-0.39, 0.29) is 19.0 Å². The normalized spacial score (nSPS) is 12.7. The standard InChI is InChI=1S/C28H23ClN4O3/c1-17-10-18(2)26-23(11-17)27(35)28(36)33(26)15-25(34)32(14-19-4-3-5-21(29)12-19)22-8-6-20(7-9-22)24-13-30-16-31-24/h3-13,16H,14-15H2,1-2H3,(H,30,31). The predicted octanol–water partition coefficient (Wildman–Crippen LogP) is 5.11. The summed E-state index contributed by atoms with van der Waals surface area (Å²) in [6.07, 6.45) is 3.33. The third-order valence-electron chi connectivity index (χ3n) is 6.21. The van der Waals surface area contributed by atoms with E-state index in [0.717, 1.165) is 27.9 Å². The number of hydrogen-bond donors (Lipinski definition) is 1. The molecule has 2 amide bonds. The fraction of sp³-hybridized carbons (Fsp3) is 0.143. The van der Waals surface area contributed by atoms with E-state index in [4.69, 9.17) is 11.6 Å². The van der Waals surface area contributed by atoms with Crippen LogP contribution in [-0.4, -0.2) is 34.1 Å². The minimum Gasteiger partial charge on any atom is -0.345 e. The number of Topliss-reactive ketones (excluding diaryl/α,β-unsaturated/α-hetero) is 1. The molecule has 7 nitrogen and oxygen atoms in total. The number of nitrogens with one attached hydrogen (secondary N) is 1. The number of aryl methyl sites for hydroxylation is 2. The van der Waals surface area contributed by atoms with Gasteiger partial charge in [-0.1, -0.05) is 41.9 Å². The third-order valence-corrected chi connectivity index (χ3v) is 6.45. The summed E-state index contributed by atoms with van der Waals surface area (Å²) >= 11 is 6.19. The number of halogens is 1. The fourth-order valence-electron chi connectivity index (χ4n) is 4.58. The summed E-state index contributed by atoms with van der Waals surface area (Å²) in [5, 5.41) is 0.565. The molecule has 1 aliphatic rings. The van der Waals surface area contributed by atoms with Gasteiger partial charge in [-0.3, -0.25) is 19.3 Å². The average Bonchev–Trinajstić information content (AvgIpc) is 3.47. The van der Waals surface area contributed by atoms with Crippen LogP contribution in [0.15, 0.2) is 73.2 Å². The first-order valence-electron chi connectivity index (χ1n) is 11.4. The molecule has 0 unspecified atom stereocenters. The lowest BCUT2D eigenvalue weighted by atomic mass is 10.0. The molecule has 3 aromatic carbocycles. The molecule has 8 heteroatoms. The summed E-state index contributed by atoms with van der Waals surface area (Å²) in [5.74, 6) is -1.60. The van der Waals surface area contributed by atoms with E-state index in [2.05, 4.69) is 9.97 Å². The maximum atomic E-state index is 13.7. The highest BCUT2D eigenvalue weighted by atomic mass is 35.5. The number of aromatic nitrogens is 2. The predicted molar refractivity (Wildman–Crippen MR) is 139 cm³/mol. The zero-order valence-electron chi connectivity index (χ0n) is 19.8. The second-order valence-corrected chi connectivity index (χ2v) is 9.26. The molecule has 180 valence electrons. The van der Waals surface area contributed by atoms with Crippen LogP contribution in [0.5, 0.6) is 0 Å². The fourth-order valence-corrected chi connectivity index (χ4v) is 4.79. The van der Waals surface area contributed by atoms with Crippen molar-refractivity contribution in [3.8, 4) is 11.3 Å². The lowest BCUT2D eigenvalue weighted by Crippen LogP contribution is -2.42. The van der Waals surface area contributed by atoms with Crippen LogP contribution in [0.1, 0.15) is 27.0 Å². The minimum atomic E-state index is -0.690. The largest absolute Gasteiger partial charge is 0.345 e. The minimum absolute atomic E-state index is 0.249. The summed E-state index contributed by atoms with van der Waals surface area (Å²) in [6.45, 7) is 3.70. The Bertz CT molecular complexity index is 1480. The number of benzene rings is 3. The Morgan fingerprint density at radius 2 is 1.83 bits per heavy atom. The molecule has 1 N–H and O–H groups in total. The van der Waals surface area contributed by atoms with Gasteiger partial charge in [0.15, 0.2) is 0 Å². The topological polar surface area (TPSA) is 86.4 Å². The van der Waals surface area contributed by atoms with Crippen molar-refractivity contribution >= 4 is 40.6 Å². The summed E-state index contributed by atoms with van der Waals surface area (Å²) in [5.41, 5.74) is 5.79. The Labute approximate surface area is 213 Å². The average molecular weight is 499 g/mol. The maximum Gasteiger partial charge on any atom is 0.299 e. The number of amides is 2. The molecule has 0 saturated heterocycles. The Hall–Kier alpha value is -4.23. The highest BCUT2D eigenvalue weighted by Gasteiger charge is 2.39. The number of fused-ring (bicyclic) bond motifs is 1. The molecule has 4 aromatic rings. The van der Waals surface area contributed by atoms with Crippen LogP contribution in [0.3, 0.4) is 0 Å². The van der Waals surface area contributed by atoms with Gasteiger partial charge in [-0.2, -0.15) is 0 Å². The van der Waals surface area contributed by atoms with Crippen LogP contribution in [0, 0.1) is 13.8 Å². The number of anilines is 2. The molecular formula is C28H23ClN4O3. The van der Waals surface area contributed by atoms with Gasteiger partial charge in [0.25, 0.3) is 11.7 Å². The molecule has 2 heterocycles. The highest BCUT2D eigenvalue weighted by Crippen LogP contribution is 2.34. The second-order valence-electron chi connectivity index (χ2n) is 8.82. The van der Waals surface area contributed by atoms with Crippen LogP contribution < -0.4 is 9.80 Å². The lowest BCUT2D eigenvalue weighted by molar-refractivity contribution is -0.120. The van der Waals surface area contributed by atoms with Crippen LogP contribution in [0.4, 0.5) is 11.4 Å². The van der Waals surface area contributed by atoms with E-state index in [1.54, 1.807) is 35.6 Å². The van der Waals surface area contributed by atoms with Gasteiger partial charge in [-0.25, -0.2) is 4.98 Å². The van der Waals surface area contributed by atoms with Gasteiger partial charge in [0.1, 0.15) is 6.54 Å². The van der Waals surface area contributed by atoms with E-state index >= 15 is 0 Å². The number of nitrogens with zero attached hydrogens (tertiary/aromatic N) is 3. The van der Waals surface area contributed by atoms with E-state index in [9.17, 15) is 14.4 Å². The van der Waals surface area contributed by atoms with Crippen molar-refractivity contribution in [1.29, 1.82) is 0 Å².